The molecule has 4 rings (SSSR count). The number of ether oxygens (including phenoxy) is 1. The third kappa shape index (κ3) is 3.54. The van der Waals surface area contributed by atoms with E-state index in [1.807, 2.05) is 18.2 Å². The molecule has 0 saturated carbocycles. The Morgan fingerprint density at radius 3 is 1.52 bits per heavy atom. The molecule has 2 heteroatoms. The van der Waals surface area contributed by atoms with Gasteiger partial charge in [0.1, 0.15) is 5.75 Å². The van der Waals surface area contributed by atoms with Crippen LogP contribution in [-0.2, 0) is 0 Å². The zero-order chi connectivity index (χ0) is 18.6. The summed E-state index contributed by atoms with van der Waals surface area (Å²) in [6, 6.07) is 33.7. The maximum Gasteiger partial charge on any atom is 0.118 e. The van der Waals surface area contributed by atoms with Crippen LogP contribution in [0, 0.1) is 0 Å². The zero-order valence-corrected chi connectivity index (χ0v) is 16.6. The largest absolute Gasteiger partial charge is 0.497 e. The van der Waals surface area contributed by atoms with E-state index in [0.29, 0.717) is 0 Å². The molecule has 0 heterocycles. The van der Waals surface area contributed by atoms with E-state index >= 15 is 0 Å². The fourth-order valence-corrected chi connectivity index (χ4v) is 3.87. The molecule has 132 valence electrons. The molecule has 0 bridgehead atoms. The summed E-state index contributed by atoms with van der Waals surface area (Å²) in [4.78, 5) is 0. The van der Waals surface area contributed by atoms with Gasteiger partial charge in [-0.2, -0.15) is 0 Å². The highest BCUT2D eigenvalue weighted by atomic mass is 79.9. The van der Waals surface area contributed by atoms with E-state index in [9.17, 15) is 0 Å². The molecule has 0 aliphatic rings. The molecule has 0 spiro atoms. The van der Waals surface area contributed by atoms with Gasteiger partial charge in [0, 0.05) is 4.47 Å². The van der Waals surface area contributed by atoms with Crippen molar-refractivity contribution in [3.8, 4) is 39.1 Å². The molecular formula is C25H19BrO. The molecule has 0 N–H and O–H groups in total. The second-order valence-electron chi connectivity index (χ2n) is 6.30. The van der Waals surface area contributed by atoms with E-state index in [1.165, 1.54) is 33.4 Å². The van der Waals surface area contributed by atoms with E-state index in [-0.39, 0.29) is 0 Å². The van der Waals surface area contributed by atoms with Crippen LogP contribution in [0.4, 0.5) is 0 Å². The fraction of sp³-hybridized carbons (Fsp3) is 0.0400. The maximum atomic E-state index is 5.30. The van der Waals surface area contributed by atoms with Crippen molar-refractivity contribution in [1.82, 2.24) is 0 Å². The summed E-state index contributed by atoms with van der Waals surface area (Å²) in [5, 5.41) is 0. The summed E-state index contributed by atoms with van der Waals surface area (Å²) in [7, 11) is 1.69. The molecule has 1 nitrogen and oxygen atoms in total. The summed E-state index contributed by atoms with van der Waals surface area (Å²) in [6.45, 7) is 0. The summed E-state index contributed by atoms with van der Waals surface area (Å²) in [6.07, 6.45) is 0. The molecule has 4 aromatic carbocycles. The van der Waals surface area contributed by atoms with Crippen molar-refractivity contribution in [3.05, 3.63) is 102 Å². The molecule has 0 unspecified atom stereocenters. The third-order valence-electron chi connectivity index (χ3n) is 4.71. The average molecular weight is 415 g/mol. The fourth-order valence-electron chi connectivity index (χ4n) is 3.37. The minimum atomic E-state index is 0.866. The van der Waals surface area contributed by atoms with Crippen LogP contribution in [0.3, 0.4) is 0 Å². The molecule has 0 aromatic heterocycles. The Bertz CT molecular complexity index is 1070. The van der Waals surface area contributed by atoms with Crippen LogP contribution in [0.2, 0.25) is 0 Å². The van der Waals surface area contributed by atoms with Crippen LogP contribution in [0.15, 0.2) is 102 Å². The van der Waals surface area contributed by atoms with Crippen molar-refractivity contribution in [3.63, 3.8) is 0 Å². The predicted molar refractivity (Wildman–Crippen MR) is 117 cm³/mol. The molecule has 0 saturated heterocycles. The average Bonchev–Trinajstić information content (AvgIpc) is 2.74. The van der Waals surface area contributed by atoms with E-state index in [4.69, 9.17) is 4.74 Å². The Hall–Kier alpha value is -2.84. The highest BCUT2D eigenvalue weighted by molar-refractivity contribution is 9.10. The van der Waals surface area contributed by atoms with E-state index < -0.39 is 0 Å². The Morgan fingerprint density at radius 2 is 0.963 bits per heavy atom. The quantitative estimate of drug-likeness (QED) is 0.336. The molecule has 0 amide bonds. The number of rotatable bonds is 4. The van der Waals surface area contributed by atoms with Crippen LogP contribution in [0.25, 0.3) is 33.4 Å². The van der Waals surface area contributed by atoms with Crippen LogP contribution in [0.1, 0.15) is 0 Å². The van der Waals surface area contributed by atoms with E-state index in [1.54, 1.807) is 7.11 Å². The lowest BCUT2D eigenvalue weighted by Gasteiger charge is -2.15. The lowest BCUT2D eigenvalue weighted by molar-refractivity contribution is 0.415. The van der Waals surface area contributed by atoms with Crippen LogP contribution < -0.4 is 4.74 Å². The van der Waals surface area contributed by atoms with Gasteiger partial charge in [0.2, 0.25) is 0 Å². The molecule has 0 aliphatic heterocycles. The van der Waals surface area contributed by atoms with Gasteiger partial charge in [-0.15, -0.1) is 0 Å². The standard InChI is InChI=1S/C25H19BrO/c1-27-19-16-14-18(15-17-19)20-8-2-3-9-21(20)22-10-4-5-11-23(22)24-12-6-7-13-25(24)26/h2-17H,1H3. The Morgan fingerprint density at radius 1 is 0.519 bits per heavy atom. The second kappa shape index (κ2) is 7.81. The number of hydrogen-bond donors (Lipinski definition) is 0. The topological polar surface area (TPSA) is 9.23 Å². The monoisotopic (exact) mass is 414 g/mol. The van der Waals surface area contributed by atoms with E-state index in [2.05, 4.69) is 94.8 Å². The molecule has 27 heavy (non-hydrogen) atoms. The smallest absolute Gasteiger partial charge is 0.118 e. The molecule has 4 aromatic rings. The van der Waals surface area contributed by atoms with Gasteiger partial charge in [-0.1, -0.05) is 94.8 Å². The summed E-state index contributed by atoms with van der Waals surface area (Å²) < 4.78 is 6.40. The minimum Gasteiger partial charge on any atom is -0.497 e. The molecule has 0 radical (unpaired) electrons. The Balaban J connectivity index is 1.90. The van der Waals surface area contributed by atoms with Gasteiger partial charge in [-0.25, -0.2) is 0 Å². The van der Waals surface area contributed by atoms with Crippen LogP contribution in [-0.4, -0.2) is 7.11 Å². The number of hydrogen-bond acceptors (Lipinski definition) is 1. The third-order valence-corrected chi connectivity index (χ3v) is 5.40. The number of benzene rings is 4. The van der Waals surface area contributed by atoms with Gasteiger partial charge in [-0.05, 0) is 51.6 Å². The van der Waals surface area contributed by atoms with Crippen LogP contribution in [0.5, 0.6) is 5.75 Å². The first-order chi connectivity index (χ1) is 13.3. The van der Waals surface area contributed by atoms with Gasteiger partial charge in [0.05, 0.1) is 7.11 Å². The van der Waals surface area contributed by atoms with Crippen molar-refractivity contribution in [1.29, 1.82) is 0 Å². The number of halogens is 1. The summed E-state index contributed by atoms with van der Waals surface area (Å²) in [5.74, 6) is 0.866. The van der Waals surface area contributed by atoms with Crippen molar-refractivity contribution >= 4 is 15.9 Å². The first-order valence-electron chi connectivity index (χ1n) is 8.85. The normalized spacial score (nSPS) is 10.6. The SMILES string of the molecule is COc1ccc(-c2ccccc2-c2ccccc2-c2ccccc2Br)cc1. The maximum absolute atomic E-state index is 5.30. The number of methoxy groups -OCH3 is 1. The second-order valence-corrected chi connectivity index (χ2v) is 7.15. The van der Waals surface area contributed by atoms with Crippen molar-refractivity contribution in [2.75, 3.05) is 7.11 Å². The predicted octanol–water partition coefficient (Wildman–Crippen LogP) is 7.46. The van der Waals surface area contributed by atoms with Crippen molar-refractivity contribution in [2.24, 2.45) is 0 Å². The van der Waals surface area contributed by atoms with Crippen LogP contribution >= 0.6 is 15.9 Å². The van der Waals surface area contributed by atoms with Gasteiger partial charge < -0.3 is 4.74 Å². The lowest BCUT2D eigenvalue weighted by Crippen LogP contribution is -1.90. The Labute approximate surface area is 168 Å². The van der Waals surface area contributed by atoms with Gasteiger partial charge in [0.15, 0.2) is 0 Å². The molecule has 0 atom stereocenters. The Kier molecular flexibility index (Phi) is 5.08. The van der Waals surface area contributed by atoms with Gasteiger partial charge in [-0.3, -0.25) is 0 Å². The highest BCUT2D eigenvalue weighted by Gasteiger charge is 2.13. The van der Waals surface area contributed by atoms with Crippen molar-refractivity contribution in [2.45, 2.75) is 0 Å². The first-order valence-corrected chi connectivity index (χ1v) is 9.65. The molecule has 0 aliphatic carbocycles. The minimum absolute atomic E-state index is 0.866. The highest BCUT2D eigenvalue weighted by Crippen LogP contribution is 2.40. The summed E-state index contributed by atoms with van der Waals surface area (Å²) in [5.41, 5.74) is 7.22. The van der Waals surface area contributed by atoms with Gasteiger partial charge >= 0.3 is 0 Å². The molecule has 0 fully saturated rings. The van der Waals surface area contributed by atoms with Gasteiger partial charge in [0.25, 0.3) is 0 Å². The van der Waals surface area contributed by atoms with E-state index in [0.717, 1.165) is 10.2 Å². The first kappa shape index (κ1) is 17.6. The molecular weight excluding hydrogens is 396 g/mol. The zero-order valence-electron chi connectivity index (χ0n) is 15.0. The lowest BCUT2D eigenvalue weighted by atomic mass is 9.89. The van der Waals surface area contributed by atoms with Crippen molar-refractivity contribution < 1.29 is 4.74 Å². The summed E-state index contributed by atoms with van der Waals surface area (Å²) >= 11 is 3.71.